The molecule has 1 aromatic carbocycles. The van der Waals surface area contributed by atoms with Crippen molar-refractivity contribution in [2.75, 3.05) is 6.26 Å². The Morgan fingerprint density at radius 1 is 1.25 bits per heavy atom. The van der Waals surface area contributed by atoms with Crippen LogP contribution in [0.2, 0.25) is 0 Å². The molecule has 1 N–H and O–H groups in total. The predicted molar refractivity (Wildman–Crippen MR) is 67.5 cm³/mol. The van der Waals surface area contributed by atoms with E-state index in [9.17, 15) is 17.6 Å². The summed E-state index contributed by atoms with van der Waals surface area (Å²) >= 11 is 0. The summed E-state index contributed by atoms with van der Waals surface area (Å²) in [6.07, 6.45) is 1.98. The highest BCUT2D eigenvalue weighted by molar-refractivity contribution is 7.90. The van der Waals surface area contributed by atoms with Crippen molar-refractivity contribution in [2.24, 2.45) is 0 Å². The Labute approximate surface area is 113 Å². The fourth-order valence-corrected chi connectivity index (χ4v) is 2.05. The van der Waals surface area contributed by atoms with Crippen molar-refractivity contribution in [3.63, 3.8) is 0 Å². The van der Waals surface area contributed by atoms with Crippen molar-refractivity contribution >= 4 is 15.8 Å². The van der Waals surface area contributed by atoms with Crippen molar-refractivity contribution in [2.45, 2.75) is 5.16 Å². The Morgan fingerprint density at radius 2 is 1.85 bits per heavy atom. The Morgan fingerprint density at radius 3 is 2.35 bits per heavy atom. The highest BCUT2D eigenvalue weighted by Crippen LogP contribution is 2.23. The molecule has 0 amide bonds. The van der Waals surface area contributed by atoms with Gasteiger partial charge in [0, 0.05) is 18.0 Å². The van der Waals surface area contributed by atoms with Crippen molar-refractivity contribution in [1.29, 1.82) is 0 Å². The number of carboxylic acids is 1. The molecule has 2 aromatic rings. The van der Waals surface area contributed by atoms with Crippen LogP contribution < -0.4 is 0 Å². The van der Waals surface area contributed by atoms with Gasteiger partial charge in [0.1, 0.15) is 5.82 Å². The lowest BCUT2D eigenvalue weighted by atomic mass is 10.1. The number of rotatable bonds is 3. The molecule has 0 saturated heterocycles. The third kappa shape index (κ3) is 2.80. The van der Waals surface area contributed by atoms with Crippen LogP contribution >= 0.6 is 0 Å². The summed E-state index contributed by atoms with van der Waals surface area (Å²) < 4.78 is 35.5. The molecule has 20 heavy (non-hydrogen) atoms. The quantitative estimate of drug-likeness (QED) is 0.859. The van der Waals surface area contributed by atoms with Gasteiger partial charge in [-0.3, -0.25) is 0 Å². The van der Waals surface area contributed by atoms with Crippen LogP contribution in [-0.2, 0) is 9.84 Å². The Bertz CT molecular complexity index is 773. The summed E-state index contributed by atoms with van der Waals surface area (Å²) in [6, 6.07) is 5.04. The van der Waals surface area contributed by atoms with Gasteiger partial charge in [-0.15, -0.1) is 0 Å². The number of benzene rings is 1. The summed E-state index contributed by atoms with van der Waals surface area (Å²) in [5.41, 5.74) is 0.0424. The zero-order valence-electron chi connectivity index (χ0n) is 10.2. The molecule has 0 radical (unpaired) electrons. The molecule has 104 valence electrons. The third-order valence-electron chi connectivity index (χ3n) is 2.46. The van der Waals surface area contributed by atoms with Crippen LogP contribution in [0, 0.1) is 5.82 Å². The van der Waals surface area contributed by atoms with Crippen LogP contribution in [0.3, 0.4) is 0 Å². The largest absolute Gasteiger partial charge is 0.476 e. The molecule has 0 aliphatic carbocycles. The number of aromatic nitrogens is 2. The molecule has 0 saturated carbocycles. The predicted octanol–water partition coefficient (Wildman–Crippen LogP) is 1.38. The summed E-state index contributed by atoms with van der Waals surface area (Å²) in [6.45, 7) is 0. The molecule has 8 heteroatoms. The van der Waals surface area contributed by atoms with Crippen LogP contribution in [0.25, 0.3) is 11.1 Å². The minimum Gasteiger partial charge on any atom is -0.476 e. The van der Waals surface area contributed by atoms with E-state index < -0.39 is 32.5 Å². The van der Waals surface area contributed by atoms with Crippen molar-refractivity contribution < 1.29 is 22.7 Å². The standard InChI is InChI=1S/C12H9FN2O4S/c1-20(18,19)12-14-6-9(10(15-12)11(16)17)7-2-4-8(13)5-3-7/h2-6H,1H3,(H,16,17). The maximum atomic E-state index is 12.9. The van der Waals surface area contributed by atoms with Gasteiger partial charge in [0.2, 0.25) is 15.0 Å². The van der Waals surface area contributed by atoms with E-state index in [4.69, 9.17) is 5.11 Å². The third-order valence-corrected chi connectivity index (χ3v) is 3.32. The van der Waals surface area contributed by atoms with Gasteiger partial charge in [0.15, 0.2) is 5.69 Å². The number of halogens is 1. The van der Waals surface area contributed by atoms with Gasteiger partial charge in [-0.05, 0) is 17.7 Å². The second kappa shape index (κ2) is 4.97. The van der Waals surface area contributed by atoms with Crippen LogP contribution in [0.1, 0.15) is 10.5 Å². The van der Waals surface area contributed by atoms with Gasteiger partial charge in [0.05, 0.1) is 0 Å². The number of hydrogen-bond acceptors (Lipinski definition) is 5. The van der Waals surface area contributed by atoms with Gasteiger partial charge in [-0.1, -0.05) is 12.1 Å². The maximum absolute atomic E-state index is 12.9. The maximum Gasteiger partial charge on any atom is 0.355 e. The minimum atomic E-state index is -3.71. The molecule has 1 aromatic heterocycles. The molecular weight excluding hydrogens is 287 g/mol. The molecule has 0 spiro atoms. The summed E-state index contributed by atoms with van der Waals surface area (Å²) in [4.78, 5) is 18.4. The topological polar surface area (TPSA) is 97.2 Å². The van der Waals surface area contributed by atoms with Crippen LogP contribution in [0.15, 0.2) is 35.6 Å². The lowest BCUT2D eigenvalue weighted by Gasteiger charge is -2.06. The first-order chi connectivity index (χ1) is 9.29. The van der Waals surface area contributed by atoms with Crippen molar-refractivity contribution in [3.8, 4) is 11.1 Å². The molecule has 1 heterocycles. The van der Waals surface area contributed by atoms with E-state index in [2.05, 4.69) is 9.97 Å². The van der Waals surface area contributed by atoms with Gasteiger partial charge < -0.3 is 5.11 Å². The molecule has 6 nitrogen and oxygen atoms in total. The van der Waals surface area contributed by atoms with E-state index in [1.807, 2.05) is 0 Å². The molecule has 0 aliphatic heterocycles. The van der Waals surface area contributed by atoms with E-state index in [-0.39, 0.29) is 5.56 Å². The molecule has 0 fully saturated rings. The average Bonchev–Trinajstić information content (AvgIpc) is 2.38. The zero-order valence-corrected chi connectivity index (χ0v) is 11.1. The van der Waals surface area contributed by atoms with Crippen LogP contribution in [0.5, 0.6) is 0 Å². The first-order valence-electron chi connectivity index (χ1n) is 5.35. The second-order valence-corrected chi connectivity index (χ2v) is 5.91. The average molecular weight is 296 g/mol. The van der Waals surface area contributed by atoms with E-state index in [0.717, 1.165) is 24.6 Å². The molecule has 0 atom stereocenters. The van der Waals surface area contributed by atoms with Crippen molar-refractivity contribution in [1.82, 2.24) is 9.97 Å². The Kier molecular flexibility index (Phi) is 3.49. The second-order valence-electron chi connectivity index (χ2n) is 4.00. The van der Waals surface area contributed by atoms with Gasteiger partial charge in [0.25, 0.3) is 0 Å². The lowest BCUT2D eigenvalue weighted by molar-refractivity contribution is 0.0690. The molecule has 0 unspecified atom stereocenters. The van der Waals surface area contributed by atoms with Crippen LogP contribution in [-0.4, -0.2) is 35.7 Å². The zero-order chi connectivity index (χ0) is 14.9. The van der Waals surface area contributed by atoms with Gasteiger partial charge in [-0.2, -0.15) is 0 Å². The number of nitrogens with zero attached hydrogens (tertiary/aromatic N) is 2. The van der Waals surface area contributed by atoms with Gasteiger partial charge in [-0.25, -0.2) is 27.6 Å². The van der Waals surface area contributed by atoms with E-state index in [1.165, 1.54) is 12.1 Å². The van der Waals surface area contributed by atoms with E-state index >= 15 is 0 Å². The van der Waals surface area contributed by atoms with Crippen LogP contribution in [0.4, 0.5) is 4.39 Å². The number of aromatic carboxylic acids is 1. The highest BCUT2D eigenvalue weighted by atomic mass is 32.2. The summed E-state index contributed by atoms with van der Waals surface area (Å²) in [7, 11) is -3.71. The fourth-order valence-electron chi connectivity index (χ4n) is 1.55. The van der Waals surface area contributed by atoms with Crippen molar-refractivity contribution in [3.05, 3.63) is 42.0 Å². The van der Waals surface area contributed by atoms with E-state index in [0.29, 0.717) is 5.56 Å². The van der Waals surface area contributed by atoms with Gasteiger partial charge >= 0.3 is 5.97 Å². The first-order valence-corrected chi connectivity index (χ1v) is 7.24. The summed E-state index contributed by atoms with van der Waals surface area (Å²) in [5, 5.41) is 8.54. The summed E-state index contributed by atoms with van der Waals surface area (Å²) in [5.74, 6) is -1.86. The van der Waals surface area contributed by atoms with E-state index in [1.54, 1.807) is 0 Å². The fraction of sp³-hybridized carbons (Fsp3) is 0.0833. The molecule has 0 bridgehead atoms. The monoisotopic (exact) mass is 296 g/mol. The highest BCUT2D eigenvalue weighted by Gasteiger charge is 2.19. The number of carboxylic acid groups (broad SMARTS) is 1. The minimum absolute atomic E-state index is 0.116. The number of hydrogen-bond donors (Lipinski definition) is 1. The smallest absolute Gasteiger partial charge is 0.355 e. The number of carbonyl (C=O) groups is 1. The molecule has 0 aliphatic rings. The molecule has 2 rings (SSSR count). The number of sulfone groups is 1. The normalized spacial score (nSPS) is 11.3. The Hall–Kier alpha value is -2.35. The SMILES string of the molecule is CS(=O)(=O)c1ncc(-c2ccc(F)cc2)c(C(=O)O)n1. The lowest BCUT2D eigenvalue weighted by Crippen LogP contribution is -2.11. The first kappa shape index (κ1) is 14.1. The Balaban J connectivity index is 2.65. The molecular formula is C12H9FN2O4S.